The van der Waals surface area contributed by atoms with E-state index in [0.29, 0.717) is 5.82 Å². The second kappa shape index (κ2) is 14.2. The maximum atomic E-state index is 5.17. The molecular weight excluding hydrogens is 607 g/mol. The number of allylic oxidation sites excluding steroid dienone is 8. The van der Waals surface area contributed by atoms with Crippen molar-refractivity contribution in [2.75, 3.05) is 0 Å². The Morgan fingerprint density at radius 3 is 1.76 bits per heavy atom. The van der Waals surface area contributed by atoms with E-state index in [-0.39, 0.29) is 0 Å². The van der Waals surface area contributed by atoms with Crippen LogP contribution in [0.3, 0.4) is 0 Å². The molecule has 8 rings (SSSR count). The summed E-state index contributed by atoms with van der Waals surface area (Å²) in [4.78, 5) is 14.6. The molecule has 7 aromatic rings. The van der Waals surface area contributed by atoms with Gasteiger partial charge in [-0.3, -0.25) is 4.98 Å². The minimum absolute atomic E-state index is 0.655. The number of hydrogen-bond donors (Lipinski definition) is 0. The van der Waals surface area contributed by atoms with Gasteiger partial charge in [-0.1, -0.05) is 176 Å². The Labute approximate surface area is 292 Å². The van der Waals surface area contributed by atoms with Crippen molar-refractivity contribution >= 4 is 28.5 Å². The lowest BCUT2D eigenvalue weighted by molar-refractivity contribution is 1.13. The summed E-state index contributed by atoms with van der Waals surface area (Å²) in [5.41, 5.74) is 11.5. The van der Waals surface area contributed by atoms with E-state index in [9.17, 15) is 0 Å². The van der Waals surface area contributed by atoms with Gasteiger partial charge in [0.2, 0.25) is 0 Å². The summed E-state index contributed by atoms with van der Waals surface area (Å²) in [6.07, 6.45) is 22.3. The van der Waals surface area contributed by atoms with E-state index in [1.807, 2.05) is 30.5 Å². The Hall–Kier alpha value is -6.71. The Morgan fingerprint density at radius 2 is 1.04 bits per heavy atom. The molecule has 0 aliphatic heterocycles. The maximum Gasteiger partial charge on any atom is 0.160 e. The largest absolute Gasteiger partial charge is 0.264 e. The van der Waals surface area contributed by atoms with Gasteiger partial charge in [0.1, 0.15) is 0 Å². The number of benzene rings is 5. The SMILES string of the molecule is C1=C\C(c2nc(-c3ccc(-c4cccnc4)cc3)cc(-c3ccc(-c4cccc5ccccc45)cc3)n2)=C/C=C\c2ccccc2/C=C/C=C/1. The Balaban J connectivity index is 1.22. The lowest BCUT2D eigenvalue weighted by Crippen LogP contribution is -1.98. The Kier molecular flexibility index (Phi) is 8.69. The van der Waals surface area contributed by atoms with E-state index in [0.717, 1.165) is 50.3 Å². The average Bonchev–Trinajstić information content (AvgIpc) is 3.18. The van der Waals surface area contributed by atoms with E-state index in [2.05, 4.69) is 169 Å². The molecule has 0 atom stereocenters. The van der Waals surface area contributed by atoms with Crippen LogP contribution in [0.5, 0.6) is 0 Å². The quantitative estimate of drug-likeness (QED) is 0.188. The fourth-order valence-electron chi connectivity index (χ4n) is 6.26. The van der Waals surface area contributed by atoms with Crippen molar-refractivity contribution in [2.24, 2.45) is 0 Å². The summed E-state index contributed by atoms with van der Waals surface area (Å²) in [6.45, 7) is 0. The van der Waals surface area contributed by atoms with E-state index >= 15 is 0 Å². The molecule has 0 bridgehead atoms. The molecule has 3 nitrogen and oxygen atoms in total. The van der Waals surface area contributed by atoms with Gasteiger partial charge in [0.05, 0.1) is 11.4 Å². The third kappa shape index (κ3) is 6.66. The molecule has 50 heavy (non-hydrogen) atoms. The maximum absolute atomic E-state index is 5.17. The molecule has 0 radical (unpaired) electrons. The predicted molar refractivity (Wildman–Crippen MR) is 210 cm³/mol. The molecule has 0 fully saturated rings. The van der Waals surface area contributed by atoms with E-state index in [4.69, 9.17) is 9.97 Å². The topological polar surface area (TPSA) is 38.7 Å². The van der Waals surface area contributed by atoms with Crippen molar-refractivity contribution in [2.45, 2.75) is 0 Å². The van der Waals surface area contributed by atoms with Gasteiger partial charge in [-0.25, -0.2) is 9.97 Å². The van der Waals surface area contributed by atoms with Crippen molar-refractivity contribution in [3.05, 3.63) is 205 Å². The fourth-order valence-corrected chi connectivity index (χ4v) is 6.26. The molecule has 5 aromatic carbocycles. The van der Waals surface area contributed by atoms with Gasteiger partial charge in [-0.05, 0) is 56.3 Å². The van der Waals surface area contributed by atoms with Crippen LogP contribution in [0.25, 0.3) is 73.3 Å². The highest BCUT2D eigenvalue weighted by molar-refractivity contribution is 5.96. The minimum atomic E-state index is 0.655. The molecule has 0 saturated heterocycles. The zero-order valence-corrected chi connectivity index (χ0v) is 27.4. The van der Waals surface area contributed by atoms with Crippen molar-refractivity contribution in [1.82, 2.24) is 15.0 Å². The van der Waals surface area contributed by atoms with Crippen molar-refractivity contribution in [1.29, 1.82) is 0 Å². The molecule has 0 unspecified atom stereocenters. The molecular formula is C47H33N3. The predicted octanol–water partition coefficient (Wildman–Crippen LogP) is 11.9. The van der Waals surface area contributed by atoms with E-state index < -0.39 is 0 Å². The number of fused-ring (bicyclic) bond motifs is 2. The van der Waals surface area contributed by atoms with Crippen LogP contribution in [-0.2, 0) is 0 Å². The highest BCUT2D eigenvalue weighted by atomic mass is 14.9. The van der Waals surface area contributed by atoms with E-state index in [1.165, 1.54) is 21.9 Å². The third-order valence-electron chi connectivity index (χ3n) is 8.87. The van der Waals surface area contributed by atoms with E-state index in [1.54, 1.807) is 6.20 Å². The average molecular weight is 640 g/mol. The van der Waals surface area contributed by atoms with Crippen LogP contribution in [0, 0.1) is 0 Å². The van der Waals surface area contributed by atoms with Crippen LogP contribution in [0.15, 0.2) is 188 Å². The van der Waals surface area contributed by atoms with Crippen LogP contribution < -0.4 is 0 Å². The molecule has 2 heterocycles. The van der Waals surface area contributed by atoms with Crippen LogP contribution >= 0.6 is 0 Å². The number of aromatic nitrogens is 3. The molecule has 236 valence electrons. The van der Waals surface area contributed by atoms with Crippen LogP contribution in [0.4, 0.5) is 0 Å². The van der Waals surface area contributed by atoms with Crippen molar-refractivity contribution in [3.8, 4) is 44.8 Å². The lowest BCUT2D eigenvalue weighted by Gasteiger charge is -2.12. The van der Waals surface area contributed by atoms with Gasteiger partial charge in [-0.2, -0.15) is 0 Å². The lowest BCUT2D eigenvalue weighted by atomic mass is 9.97. The monoisotopic (exact) mass is 639 g/mol. The zero-order chi connectivity index (χ0) is 33.5. The van der Waals surface area contributed by atoms with Crippen LogP contribution in [0.1, 0.15) is 17.0 Å². The molecule has 1 aliphatic carbocycles. The van der Waals surface area contributed by atoms with Gasteiger partial charge in [0.15, 0.2) is 5.82 Å². The molecule has 1 aliphatic rings. The summed E-state index contributed by atoms with van der Waals surface area (Å²) in [5, 5.41) is 2.47. The summed E-state index contributed by atoms with van der Waals surface area (Å²) >= 11 is 0. The van der Waals surface area contributed by atoms with Crippen molar-refractivity contribution < 1.29 is 0 Å². The van der Waals surface area contributed by atoms with Gasteiger partial charge < -0.3 is 0 Å². The highest BCUT2D eigenvalue weighted by Crippen LogP contribution is 2.32. The Bertz CT molecular complexity index is 2440. The molecule has 0 N–H and O–H groups in total. The second-order valence-corrected chi connectivity index (χ2v) is 12.1. The molecule has 2 aromatic heterocycles. The first-order valence-electron chi connectivity index (χ1n) is 16.8. The molecule has 0 spiro atoms. The third-order valence-corrected chi connectivity index (χ3v) is 8.87. The van der Waals surface area contributed by atoms with Crippen molar-refractivity contribution in [3.63, 3.8) is 0 Å². The smallest absolute Gasteiger partial charge is 0.160 e. The van der Waals surface area contributed by atoms with Gasteiger partial charge in [0, 0.05) is 29.1 Å². The van der Waals surface area contributed by atoms with Gasteiger partial charge >= 0.3 is 0 Å². The second-order valence-electron chi connectivity index (χ2n) is 12.1. The summed E-state index contributed by atoms with van der Waals surface area (Å²) in [5.74, 6) is 0.655. The number of nitrogens with zero attached hydrogens (tertiary/aromatic N) is 3. The first-order valence-corrected chi connectivity index (χ1v) is 16.8. The zero-order valence-electron chi connectivity index (χ0n) is 27.4. The van der Waals surface area contributed by atoms with Gasteiger partial charge in [-0.15, -0.1) is 0 Å². The summed E-state index contributed by atoms with van der Waals surface area (Å²) in [7, 11) is 0. The first-order chi connectivity index (χ1) is 24.8. The number of rotatable bonds is 5. The molecule has 0 saturated carbocycles. The van der Waals surface area contributed by atoms with Crippen LogP contribution in [-0.4, -0.2) is 15.0 Å². The van der Waals surface area contributed by atoms with Gasteiger partial charge in [0.25, 0.3) is 0 Å². The summed E-state index contributed by atoms with van der Waals surface area (Å²) in [6, 6.07) is 46.7. The fraction of sp³-hybridized carbons (Fsp3) is 0. The first kappa shape index (κ1) is 30.6. The van der Waals surface area contributed by atoms with Crippen LogP contribution in [0.2, 0.25) is 0 Å². The number of hydrogen-bond acceptors (Lipinski definition) is 3. The molecule has 0 amide bonds. The minimum Gasteiger partial charge on any atom is -0.264 e. The standard InChI is InChI=1S/C47H33N3/c1-2-4-16-41(19-9-17-35-14-6-5-13-34(35)12-3-1)47-49-45(39-27-23-36(24-28-39)42-20-11-31-48-33-42)32-46(50-47)40-29-25-38(26-30-40)44-22-10-18-37-15-7-8-21-43(37)44/h1-33H/b2-1+,3-1?,4-2?,12-3+,16-4-,17-9-,19-9?,34-12?,35-17?,41-16?,41-19+. The molecule has 3 heteroatoms. The number of pyridine rings is 1. The Morgan fingerprint density at radius 1 is 0.420 bits per heavy atom. The normalized spacial score (nSPS) is 16.2. The highest BCUT2D eigenvalue weighted by Gasteiger charge is 2.13. The summed E-state index contributed by atoms with van der Waals surface area (Å²) < 4.78 is 0.